The second-order valence-corrected chi connectivity index (χ2v) is 11.7. The van der Waals surface area contributed by atoms with Gasteiger partial charge in [0.2, 0.25) is 5.91 Å². The van der Waals surface area contributed by atoms with E-state index in [9.17, 15) is 4.79 Å². The third kappa shape index (κ3) is 3.73. The Balaban J connectivity index is 2.48. The fraction of sp³-hybridized carbons (Fsp3) is 0.389. The molecule has 0 saturated carbocycles. The van der Waals surface area contributed by atoms with Gasteiger partial charge in [-0.25, -0.2) is 0 Å². The molecule has 0 radical (unpaired) electrons. The van der Waals surface area contributed by atoms with Crippen molar-refractivity contribution in [1.82, 2.24) is 4.90 Å². The predicted octanol–water partition coefficient (Wildman–Crippen LogP) is 4.34. The van der Waals surface area contributed by atoms with E-state index in [4.69, 9.17) is 0 Å². The zero-order chi connectivity index (χ0) is 15.5. The first kappa shape index (κ1) is 15.8. The summed E-state index contributed by atoms with van der Waals surface area (Å²) in [5.41, 5.74) is 1.27. The van der Waals surface area contributed by atoms with Crippen molar-refractivity contribution in [3.8, 4) is 0 Å². The Hall–Kier alpha value is -1.61. The average molecular weight is 299 g/mol. The molecule has 1 aromatic rings. The average Bonchev–Trinajstić information content (AvgIpc) is 2.60. The fourth-order valence-electron chi connectivity index (χ4n) is 2.73. The maximum atomic E-state index is 12.5. The molecule has 1 aromatic carbocycles. The van der Waals surface area contributed by atoms with Crippen LogP contribution in [-0.2, 0) is 4.79 Å². The van der Waals surface area contributed by atoms with E-state index < -0.39 is 8.07 Å². The van der Waals surface area contributed by atoms with E-state index in [1.54, 1.807) is 0 Å². The van der Waals surface area contributed by atoms with Gasteiger partial charge in [-0.1, -0.05) is 68.2 Å². The highest BCUT2D eigenvalue weighted by Crippen LogP contribution is 2.34. The number of carbonyl (C=O) groups excluding carboxylic acids is 1. The van der Waals surface area contributed by atoms with E-state index in [0.29, 0.717) is 0 Å². The molecule has 1 heterocycles. The van der Waals surface area contributed by atoms with E-state index in [2.05, 4.69) is 56.9 Å². The second kappa shape index (κ2) is 6.44. The molecule has 1 amide bonds. The number of rotatable bonds is 4. The van der Waals surface area contributed by atoms with E-state index in [1.807, 2.05) is 23.2 Å². The summed E-state index contributed by atoms with van der Waals surface area (Å²) in [7, 11) is -1.57. The summed E-state index contributed by atoms with van der Waals surface area (Å²) in [5, 5.41) is 1.31. The number of allylic oxidation sites excluding steroid dienone is 2. The highest BCUT2D eigenvalue weighted by atomic mass is 28.3. The van der Waals surface area contributed by atoms with Crippen LogP contribution in [0.25, 0.3) is 0 Å². The van der Waals surface area contributed by atoms with Gasteiger partial charge in [0.15, 0.2) is 0 Å². The summed E-state index contributed by atoms with van der Waals surface area (Å²) >= 11 is 0. The number of carbonyl (C=O) groups is 1. The van der Waals surface area contributed by atoms with Crippen LogP contribution in [0.3, 0.4) is 0 Å². The van der Waals surface area contributed by atoms with Crippen LogP contribution >= 0.6 is 0 Å². The number of amides is 1. The molecule has 0 aliphatic carbocycles. The van der Waals surface area contributed by atoms with Crippen LogP contribution in [0.2, 0.25) is 19.6 Å². The number of hydrogen-bond acceptors (Lipinski definition) is 1. The largest absolute Gasteiger partial charge is 0.316 e. The van der Waals surface area contributed by atoms with Gasteiger partial charge in [0.1, 0.15) is 0 Å². The van der Waals surface area contributed by atoms with Crippen LogP contribution in [0.5, 0.6) is 0 Å². The number of benzene rings is 1. The van der Waals surface area contributed by atoms with Crippen molar-refractivity contribution >= 4 is 14.0 Å². The summed E-state index contributed by atoms with van der Waals surface area (Å²) in [4.78, 5) is 14.3. The lowest BCUT2D eigenvalue weighted by molar-refractivity contribution is -0.123. The first-order valence-corrected chi connectivity index (χ1v) is 11.2. The molecule has 0 fully saturated rings. The molecule has 1 unspecified atom stereocenters. The van der Waals surface area contributed by atoms with Crippen molar-refractivity contribution in [3.05, 3.63) is 59.4 Å². The van der Waals surface area contributed by atoms with Gasteiger partial charge >= 0.3 is 0 Å². The first-order chi connectivity index (χ1) is 9.93. The molecular formula is C18H25NOSi. The molecule has 0 spiro atoms. The lowest BCUT2D eigenvalue weighted by Gasteiger charge is -2.26. The molecule has 2 rings (SSSR count). The minimum Gasteiger partial charge on any atom is -0.316 e. The molecule has 21 heavy (non-hydrogen) atoms. The predicted molar refractivity (Wildman–Crippen MR) is 91.8 cm³/mol. The van der Waals surface area contributed by atoms with E-state index in [1.165, 1.54) is 10.8 Å². The van der Waals surface area contributed by atoms with Gasteiger partial charge in [0.05, 0.1) is 8.07 Å². The van der Waals surface area contributed by atoms with Gasteiger partial charge < -0.3 is 4.90 Å². The molecule has 2 nitrogen and oxygen atoms in total. The minimum atomic E-state index is -1.57. The Morgan fingerprint density at radius 2 is 1.81 bits per heavy atom. The topological polar surface area (TPSA) is 20.3 Å². The molecule has 112 valence electrons. The Morgan fingerprint density at radius 3 is 2.38 bits per heavy atom. The van der Waals surface area contributed by atoms with Crippen LogP contribution in [0, 0.1) is 0 Å². The fourth-order valence-corrected chi connectivity index (χ4v) is 4.48. The molecule has 0 N–H and O–H groups in total. The van der Waals surface area contributed by atoms with Crippen molar-refractivity contribution < 1.29 is 4.79 Å². The molecule has 0 bridgehead atoms. The first-order valence-electron chi connectivity index (χ1n) is 7.69. The molecule has 0 aromatic heterocycles. The molecule has 1 aliphatic rings. The second-order valence-electron chi connectivity index (χ2n) is 6.61. The van der Waals surface area contributed by atoms with Crippen LogP contribution in [0.4, 0.5) is 0 Å². The smallest absolute Gasteiger partial charge is 0.250 e. The molecular weight excluding hydrogens is 274 g/mol. The van der Waals surface area contributed by atoms with Crippen LogP contribution in [-0.4, -0.2) is 25.4 Å². The number of nitrogens with zero attached hydrogens (tertiary/aromatic N) is 1. The summed E-state index contributed by atoms with van der Waals surface area (Å²) < 4.78 is 0. The molecule has 1 atom stereocenters. The summed E-state index contributed by atoms with van der Waals surface area (Å²) in [6.07, 6.45) is 7.05. The normalized spacial score (nSPS) is 19.4. The standard InChI is InChI=1S/C18H25NOSi/c1-5-12-19-13-11-16(15-9-7-6-8-10-15)17(14-18(19)20)21(2,3)4/h6-11,13-14,16H,5,12H2,1-4H3. The maximum absolute atomic E-state index is 12.5. The van der Waals surface area contributed by atoms with Gasteiger partial charge in [-0.3, -0.25) is 4.79 Å². The van der Waals surface area contributed by atoms with Gasteiger partial charge in [0, 0.05) is 18.7 Å². The zero-order valence-electron chi connectivity index (χ0n) is 13.5. The van der Waals surface area contributed by atoms with E-state index >= 15 is 0 Å². The van der Waals surface area contributed by atoms with Gasteiger partial charge in [-0.05, 0) is 18.1 Å². The summed E-state index contributed by atoms with van der Waals surface area (Å²) in [6.45, 7) is 9.82. The lowest BCUT2D eigenvalue weighted by atomic mass is 9.98. The summed E-state index contributed by atoms with van der Waals surface area (Å²) in [5.74, 6) is 0.354. The van der Waals surface area contributed by atoms with Gasteiger partial charge in [-0.15, -0.1) is 0 Å². The molecule has 3 heteroatoms. The van der Waals surface area contributed by atoms with Crippen molar-refractivity contribution in [2.75, 3.05) is 6.54 Å². The van der Waals surface area contributed by atoms with Crippen molar-refractivity contribution in [1.29, 1.82) is 0 Å². The summed E-state index contributed by atoms with van der Waals surface area (Å²) in [6, 6.07) is 10.5. The van der Waals surface area contributed by atoms with Crippen molar-refractivity contribution in [2.24, 2.45) is 0 Å². The monoisotopic (exact) mass is 299 g/mol. The van der Waals surface area contributed by atoms with Crippen molar-refractivity contribution in [3.63, 3.8) is 0 Å². The third-order valence-electron chi connectivity index (χ3n) is 3.84. The van der Waals surface area contributed by atoms with Crippen molar-refractivity contribution in [2.45, 2.75) is 38.9 Å². The maximum Gasteiger partial charge on any atom is 0.250 e. The number of hydrogen-bond donors (Lipinski definition) is 0. The molecule has 0 saturated heterocycles. The van der Waals surface area contributed by atoms with Gasteiger partial charge in [-0.2, -0.15) is 0 Å². The minimum absolute atomic E-state index is 0.129. The quantitative estimate of drug-likeness (QED) is 0.757. The molecule has 1 aliphatic heterocycles. The Morgan fingerprint density at radius 1 is 1.14 bits per heavy atom. The van der Waals surface area contributed by atoms with E-state index in [-0.39, 0.29) is 11.8 Å². The highest BCUT2D eigenvalue weighted by molar-refractivity contribution is 6.83. The SMILES string of the molecule is CCCN1C=CC(c2ccccc2)C([Si](C)(C)C)=CC1=O. The van der Waals surface area contributed by atoms with E-state index in [0.717, 1.165) is 13.0 Å². The van der Waals surface area contributed by atoms with Crippen LogP contribution < -0.4 is 0 Å². The zero-order valence-corrected chi connectivity index (χ0v) is 14.5. The van der Waals surface area contributed by atoms with Gasteiger partial charge in [0.25, 0.3) is 0 Å². The Kier molecular flexibility index (Phi) is 4.83. The Labute approximate surface area is 129 Å². The Bertz CT molecular complexity index is 554. The lowest BCUT2D eigenvalue weighted by Crippen LogP contribution is -2.29. The van der Waals surface area contributed by atoms with Crippen LogP contribution in [0.1, 0.15) is 24.8 Å². The highest BCUT2D eigenvalue weighted by Gasteiger charge is 2.30. The van der Waals surface area contributed by atoms with Crippen LogP contribution in [0.15, 0.2) is 53.9 Å². The third-order valence-corrected chi connectivity index (χ3v) is 6.03.